The molecule has 2 atom stereocenters. The molecular weight excluding hydrogens is 548 g/mol. The van der Waals surface area contributed by atoms with Gasteiger partial charge < -0.3 is 14.7 Å². The molecule has 0 radical (unpaired) electrons. The number of aromatic amines is 2. The van der Waals surface area contributed by atoms with Crippen LogP contribution in [0.1, 0.15) is 70.2 Å². The second kappa shape index (κ2) is 11.2. The molecule has 0 unspecified atom stereocenters. The molecule has 2 saturated heterocycles. The summed E-state index contributed by atoms with van der Waals surface area (Å²) in [6.45, 7) is 7.50. The number of rotatable bonds is 5. The van der Waals surface area contributed by atoms with Gasteiger partial charge >= 0.3 is 6.09 Å². The molecule has 0 bridgehead atoms. The number of imidazole rings is 2. The summed E-state index contributed by atoms with van der Waals surface area (Å²) in [6.07, 6.45) is 5.86. The maximum absolute atomic E-state index is 12.8. The third-order valence-corrected chi connectivity index (χ3v) is 8.88. The van der Waals surface area contributed by atoms with Gasteiger partial charge in [-0.2, -0.15) is 0 Å². The molecule has 2 fully saturated rings. The fourth-order valence-corrected chi connectivity index (χ4v) is 6.56. The van der Waals surface area contributed by atoms with E-state index in [-0.39, 0.29) is 12.1 Å². The molecular formula is C36H40N6O2. The topological polar surface area (TPSA) is 90.1 Å². The van der Waals surface area contributed by atoms with E-state index in [0.717, 1.165) is 70.9 Å². The molecule has 226 valence electrons. The fraction of sp³-hybridized carbons (Fsp3) is 0.361. The highest BCUT2D eigenvalue weighted by Crippen LogP contribution is 2.35. The summed E-state index contributed by atoms with van der Waals surface area (Å²) in [5, 5.41) is 0. The van der Waals surface area contributed by atoms with Crippen LogP contribution in [-0.2, 0) is 4.74 Å². The number of hydrogen-bond acceptors (Lipinski definition) is 5. The van der Waals surface area contributed by atoms with Crippen molar-refractivity contribution >= 4 is 17.1 Å². The SMILES string of the molecule is CN1CCC[C@H]1c1ncc(-c2ccc(-c3ccc(-c4ccc5nc([C@@H]6CCCN6C(=O)OC(C)(C)C)[nH]c5c4)cc3)cc2)[nH]1. The second-order valence-corrected chi connectivity index (χ2v) is 13.2. The van der Waals surface area contributed by atoms with Crippen LogP contribution in [0, 0.1) is 0 Å². The molecule has 0 aliphatic carbocycles. The largest absolute Gasteiger partial charge is 0.444 e. The Hall–Kier alpha value is -4.43. The van der Waals surface area contributed by atoms with Crippen LogP contribution in [0.25, 0.3) is 44.5 Å². The number of H-pyrrole nitrogens is 2. The number of carbonyl (C=O) groups is 1. The van der Waals surface area contributed by atoms with Crippen LogP contribution in [0.3, 0.4) is 0 Å². The van der Waals surface area contributed by atoms with Gasteiger partial charge in [0.1, 0.15) is 17.2 Å². The Kier molecular flexibility index (Phi) is 7.25. The number of amides is 1. The minimum absolute atomic E-state index is 0.101. The van der Waals surface area contributed by atoms with E-state index in [4.69, 9.17) is 9.72 Å². The molecule has 5 aromatic rings. The van der Waals surface area contributed by atoms with Crippen molar-refractivity contribution in [3.63, 3.8) is 0 Å². The van der Waals surface area contributed by atoms with Crippen molar-refractivity contribution in [1.29, 1.82) is 0 Å². The normalized spacial score (nSPS) is 19.2. The summed E-state index contributed by atoms with van der Waals surface area (Å²) in [5.41, 5.74) is 8.15. The summed E-state index contributed by atoms with van der Waals surface area (Å²) in [7, 11) is 2.17. The summed E-state index contributed by atoms with van der Waals surface area (Å²) in [4.78, 5) is 33.6. The van der Waals surface area contributed by atoms with E-state index in [1.54, 1.807) is 4.90 Å². The lowest BCUT2D eigenvalue weighted by Gasteiger charge is -2.27. The highest BCUT2D eigenvalue weighted by molar-refractivity contribution is 5.83. The first kappa shape index (κ1) is 28.3. The predicted molar refractivity (Wildman–Crippen MR) is 174 cm³/mol. The molecule has 0 saturated carbocycles. The number of aromatic nitrogens is 4. The quantitative estimate of drug-likeness (QED) is 0.216. The summed E-state index contributed by atoms with van der Waals surface area (Å²) < 4.78 is 5.65. The van der Waals surface area contributed by atoms with Crippen molar-refractivity contribution in [1.82, 2.24) is 29.7 Å². The van der Waals surface area contributed by atoms with Crippen molar-refractivity contribution in [3.05, 3.63) is 84.6 Å². The number of ether oxygens (including phenoxy) is 1. The van der Waals surface area contributed by atoms with E-state index in [1.165, 1.54) is 17.5 Å². The number of likely N-dealkylation sites (tertiary alicyclic amines) is 2. The maximum Gasteiger partial charge on any atom is 0.410 e. The van der Waals surface area contributed by atoms with Crippen LogP contribution in [0.4, 0.5) is 4.79 Å². The number of nitrogens with zero attached hydrogens (tertiary/aromatic N) is 4. The van der Waals surface area contributed by atoms with Crippen molar-refractivity contribution in [2.24, 2.45) is 0 Å². The zero-order valence-electron chi connectivity index (χ0n) is 25.9. The number of fused-ring (bicyclic) bond motifs is 1. The van der Waals surface area contributed by atoms with Gasteiger partial charge in [0.15, 0.2) is 0 Å². The molecule has 2 aromatic heterocycles. The van der Waals surface area contributed by atoms with Crippen molar-refractivity contribution < 1.29 is 9.53 Å². The Morgan fingerprint density at radius 3 is 2.07 bits per heavy atom. The lowest BCUT2D eigenvalue weighted by Crippen LogP contribution is -2.36. The average Bonchev–Trinajstić information content (AvgIpc) is 3.82. The van der Waals surface area contributed by atoms with Gasteiger partial charge in [0.2, 0.25) is 0 Å². The third kappa shape index (κ3) is 5.62. The van der Waals surface area contributed by atoms with E-state index in [2.05, 4.69) is 93.6 Å². The predicted octanol–water partition coefficient (Wildman–Crippen LogP) is 8.13. The van der Waals surface area contributed by atoms with Gasteiger partial charge in [-0.15, -0.1) is 0 Å². The summed E-state index contributed by atoms with van der Waals surface area (Å²) in [5.74, 6) is 1.88. The monoisotopic (exact) mass is 588 g/mol. The Labute approximate surface area is 258 Å². The molecule has 2 aliphatic rings. The number of carbonyl (C=O) groups excluding carboxylic acids is 1. The first-order valence-corrected chi connectivity index (χ1v) is 15.7. The van der Waals surface area contributed by atoms with E-state index < -0.39 is 5.60 Å². The van der Waals surface area contributed by atoms with E-state index in [1.807, 2.05) is 27.0 Å². The van der Waals surface area contributed by atoms with Crippen molar-refractivity contribution in [2.75, 3.05) is 20.1 Å². The minimum Gasteiger partial charge on any atom is -0.444 e. The van der Waals surface area contributed by atoms with Crippen LogP contribution in [-0.4, -0.2) is 61.6 Å². The van der Waals surface area contributed by atoms with Crippen molar-refractivity contribution in [2.45, 2.75) is 64.1 Å². The highest BCUT2D eigenvalue weighted by atomic mass is 16.6. The Morgan fingerprint density at radius 2 is 1.41 bits per heavy atom. The Morgan fingerprint density at radius 1 is 0.795 bits per heavy atom. The van der Waals surface area contributed by atoms with Crippen molar-refractivity contribution in [3.8, 4) is 33.5 Å². The average molecular weight is 589 g/mol. The first-order chi connectivity index (χ1) is 21.2. The third-order valence-electron chi connectivity index (χ3n) is 8.88. The fourth-order valence-electron chi connectivity index (χ4n) is 6.56. The van der Waals surface area contributed by atoms with Gasteiger partial charge in [0, 0.05) is 6.54 Å². The van der Waals surface area contributed by atoms with Crippen LogP contribution < -0.4 is 0 Å². The maximum atomic E-state index is 12.8. The summed E-state index contributed by atoms with van der Waals surface area (Å²) in [6, 6.07) is 24.0. The number of nitrogens with one attached hydrogen (secondary N) is 2. The molecule has 0 spiro atoms. The van der Waals surface area contributed by atoms with Crippen LogP contribution in [0.15, 0.2) is 72.9 Å². The van der Waals surface area contributed by atoms with Gasteiger partial charge in [-0.3, -0.25) is 9.80 Å². The van der Waals surface area contributed by atoms with Crippen LogP contribution >= 0.6 is 0 Å². The summed E-state index contributed by atoms with van der Waals surface area (Å²) >= 11 is 0. The molecule has 8 heteroatoms. The molecule has 4 heterocycles. The molecule has 7 rings (SSSR count). The lowest BCUT2D eigenvalue weighted by molar-refractivity contribution is 0.0219. The molecule has 2 N–H and O–H groups in total. The van der Waals surface area contributed by atoms with Gasteiger partial charge in [0.05, 0.1) is 35.0 Å². The van der Waals surface area contributed by atoms with E-state index >= 15 is 0 Å². The van der Waals surface area contributed by atoms with Gasteiger partial charge in [-0.25, -0.2) is 14.8 Å². The lowest BCUT2D eigenvalue weighted by atomic mass is 9.99. The molecule has 3 aromatic carbocycles. The second-order valence-electron chi connectivity index (χ2n) is 13.2. The molecule has 44 heavy (non-hydrogen) atoms. The van der Waals surface area contributed by atoms with Gasteiger partial charge in [-0.05, 0) is 100.0 Å². The molecule has 2 aliphatic heterocycles. The zero-order valence-corrected chi connectivity index (χ0v) is 25.9. The zero-order chi connectivity index (χ0) is 30.4. The first-order valence-electron chi connectivity index (χ1n) is 15.7. The van der Waals surface area contributed by atoms with Gasteiger partial charge in [-0.1, -0.05) is 54.6 Å². The molecule has 8 nitrogen and oxygen atoms in total. The minimum atomic E-state index is -0.525. The van der Waals surface area contributed by atoms with E-state index in [0.29, 0.717) is 12.6 Å². The smallest absolute Gasteiger partial charge is 0.410 e. The molecule has 1 amide bonds. The number of benzene rings is 3. The number of hydrogen-bond donors (Lipinski definition) is 2. The van der Waals surface area contributed by atoms with Crippen LogP contribution in [0.2, 0.25) is 0 Å². The van der Waals surface area contributed by atoms with Gasteiger partial charge in [0.25, 0.3) is 0 Å². The highest BCUT2D eigenvalue weighted by Gasteiger charge is 2.35. The van der Waals surface area contributed by atoms with Crippen LogP contribution in [0.5, 0.6) is 0 Å². The Bertz CT molecular complexity index is 1780. The Balaban J connectivity index is 1.06. The van der Waals surface area contributed by atoms with E-state index in [9.17, 15) is 4.79 Å². The standard InChI is InChI=1S/C36H40N6O2/c1-36(2,3)44-35(43)42-20-6-8-32(42)34-38-28-18-17-27(21-29(28)39-34)25-11-9-23(10-12-25)24-13-15-26(16-14-24)30-22-37-33(40-30)31-7-5-19-41(31)4/h9-18,21-22,31-32H,5-8,19-20H2,1-4H3,(H,37,40)(H,38,39)/t31-,32-/m0/s1.